The van der Waals surface area contributed by atoms with Gasteiger partial charge in [-0.2, -0.15) is 9.97 Å². The third-order valence-corrected chi connectivity index (χ3v) is 5.10. The Hall–Kier alpha value is -3.34. The summed E-state index contributed by atoms with van der Waals surface area (Å²) < 4.78 is 55.5. The Morgan fingerprint density at radius 1 is 1.14 bits per heavy atom. The molecule has 2 heterocycles. The Morgan fingerprint density at radius 3 is 2.38 bits per heavy atom. The van der Waals surface area contributed by atoms with Gasteiger partial charge in [0.2, 0.25) is 11.7 Å². The van der Waals surface area contributed by atoms with E-state index in [1.807, 2.05) is 30.3 Å². The molecule has 29 heavy (non-hydrogen) atoms. The molecule has 0 spiro atoms. The predicted octanol–water partition coefficient (Wildman–Crippen LogP) is 3.13. The standard InChI is InChI=1S/C18H19FN4O5S.2H2/c1-26-16-15(28-9-8-19)17(27-2)22-18(21-16)23-29(24,25)13-10-14(20-11-13)12-6-4-3-5-7-12;;/h3-7,10-11,20H,8-9H2,1-2H3,(H,21,22,23);2*1H. The molecule has 9 nitrogen and oxygen atoms in total. The molecule has 0 fully saturated rings. The fourth-order valence-corrected chi connectivity index (χ4v) is 3.43. The SMILES string of the molecule is COc1nc(NS(=O)(=O)c2c[nH]c(-c3ccccc3)c2)nc(OC)c1OCCF.[HH].[HH]. The molecule has 0 unspecified atom stereocenters. The van der Waals surface area contributed by atoms with Crippen molar-refractivity contribution in [3.63, 3.8) is 0 Å². The second kappa shape index (κ2) is 8.78. The lowest BCUT2D eigenvalue weighted by Gasteiger charge is -2.13. The lowest BCUT2D eigenvalue weighted by molar-refractivity contribution is 0.240. The molecule has 158 valence electrons. The Bertz CT molecular complexity index is 1060. The maximum atomic E-state index is 12.7. The van der Waals surface area contributed by atoms with E-state index < -0.39 is 16.7 Å². The highest BCUT2D eigenvalue weighted by molar-refractivity contribution is 7.92. The molecule has 2 N–H and O–H groups in total. The average molecular weight is 426 g/mol. The highest BCUT2D eigenvalue weighted by atomic mass is 32.2. The lowest BCUT2D eigenvalue weighted by Crippen LogP contribution is -2.16. The molecule has 0 aliphatic heterocycles. The van der Waals surface area contributed by atoms with Gasteiger partial charge in [-0.05, 0) is 11.6 Å². The van der Waals surface area contributed by atoms with Crippen LogP contribution < -0.4 is 18.9 Å². The van der Waals surface area contributed by atoms with Crippen LogP contribution in [-0.2, 0) is 10.0 Å². The summed E-state index contributed by atoms with van der Waals surface area (Å²) in [5.41, 5.74) is 1.47. The first-order chi connectivity index (χ1) is 14.0. The third-order valence-electron chi connectivity index (χ3n) is 3.79. The number of methoxy groups -OCH3 is 2. The minimum Gasteiger partial charge on any atom is -0.481 e. The summed E-state index contributed by atoms with van der Waals surface area (Å²) in [6, 6.07) is 10.8. The van der Waals surface area contributed by atoms with Gasteiger partial charge < -0.3 is 19.2 Å². The van der Waals surface area contributed by atoms with Gasteiger partial charge in [0.15, 0.2) is 0 Å². The second-order valence-electron chi connectivity index (χ2n) is 5.65. The molecule has 11 heteroatoms. The topological polar surface area (TPSA) is 115 Å². The zero-order valence-corrected chi connectivity index (χ0v) is 16.5. The summed E-state index contributed by atoms with van der Waals surface area (Å²) in [5.74, 6) is -0.499. The number of benzene rings is 1. The Morgan fingerprint density at radius 2 is 1.79 bits per heavy atom. The zero-order chi connectivity index (χ0) is 20.9. The molecule has 0 aliphatic carbocycles. The van der Waals surface area contributed by atoms with E-state index in [1.165, 1.54) is 26.5 Å². The van der Waals surface area contributed by atoms with Crippen LogP contribution in [0.15, 0.2) is 47.5 Å². The monoisotopic (exact) mass is 426 g/mol. The van der Waals surface area contributed by atoms with Crippen LogP contribution in [0, 0.1) is 0 Å². The van der Waals surface area contributed by atoms with Gasteiger partial charge in [0.25, 0.3) is 21.8 Å². The number of nitrogens with zero attached hydrogens (tertiary/aromatic N) is 2. The van der Waals surface area contributed by atoms with E-state index in [4.69, 9.17) is 14.2 Å². The number of rotatable bonds is 9. The number of hydrogen-bond donors (Lipinski definition) is 2. The van der Waals surface area contributed by atoms with Crippen molar-refractivity contribution in [3.05, 3.63) is 42.6 Å². The van der Waals surface area contributed by atoms with E-state index in [0.29, 0.717) is 5.69 Å². The number of hydrogen-bond acceptors (Lipinski definition) is 7. The van der Waals surface area contributed by atoms with E-state index >= 15 is 0 Å². The highest BCUT2D eigenvalue weighted by Crippen LogP contribution is 2.35. The van der Waals surface area contributed by atoms with Crippen LogP contribution in [0.5, 0.6) is 17.5 Å². The minimum atomic E-state index is -4.00. The Kier molecular flexibility index (Phi) is 6.17. The minimum absolute atomic E-state index is 0. The van der Waals surface area contributed by atoms with E-state index in [2.05, 4.69) is 19.7 Å². The molecule has 2 aromatic heterocycles. The maximum absolute atomic E-state index is 12.7. The molecular weight excluding hydrogens is 403 g/mol. The van der Waals surface area contributed by atoms with Crippen molar-refractivity contribution in [3.8, 4) is 28.8 Å². The molecule has 3 aromatic rings. The Balaban J connectivity index is 0.00000240. The van der Waals surface area contributed by atoms with Gasteiger partial charge in [0, 0.05) is 14.7 Å². The molecule has 0 aliphatic rings. The highest BCUT2D eigenvalue weighted by Gasteiger charge is 2.23. The van der Waals surface area contributed by atoms with E-state index in [1.54, 1.807) is 0 Å². The van der Waals surface area contributed by atoms with Gasteiger partial charge in [-0.1, -0.05) is 30.3 Å². The molecule has 0 saturated carbocycles. The van der Waals surface area contributed by atoms with Crippen molar-refractivity contribution in [1.82, 2.24) is 15.0 Å². The first-order valence-electron chi connectivity index (χ1n) is 8.44. The van der Waals surface area contributed by atoms with Gasteiger partial charge in [0.1, 0.15) is 18.2 Å². The molecular formula is C18H23FN4O5S. The van der Waals surface area contributed by atoms with Crippen molar-refractivity contribution < 1.29 is 29.9 Å². The molecule has 0 amide bonds. The average Bonchev–Trinajstić information content (AvgIpc) is 3.24. The van der Waals surface area contributed by atoms with Crippen LogP contribution in [0.4, 0.5) is 10.3 Å². The number of ether oxygens (including phenoxy) is 3. The first-order valence-corrected chi connectivity index (χ1v) is 9.92. The van der Waals surface area contributed by atoms with Crippen molar-refractivity contribution in [1.29, 1.82) is 0 Å². The predicted molar refractivity (Wildman–Crippen MR) is 108 cm³/mol. The van der Waals surface area contributed by atoms with Crippen molar-refractivity contribution in [2.45, 2.75) is 4.90 Å². The summed E-state index contributed by atoms with van der Waals surface area (Å²) in [7, 11) is -1.39. The molecule has 1 aromatic carbocycles. The second-order valence-corrected chi connectivity index (χ2v) is 7.34. The quantitative estimate of drug-likeness (QED) is 0.540. The van der Waals surface area contributed by atoms with Crippen LogP contribution >= 0.6 is 0 Å². The molecule has 0 radical (unpaired) electrons. The van der Waals surface area contributed by atoms with Gasteiger partial charge in [-0.15, -0.1) is 0 Å². The lowest BCUT2D eigenvalue weighted by atomic mass is 10.2. The number of anilines is 1. The van der Waals surface area contributed by atoms with Crippen LogP contribution in [0.1, 0.15) is 2.85 Å². The third kappa shape index (κ3) is 4.57. The van der Waals surface area contributed by atoms with Gasteiger partial charge >= 0.3 is 0 Å². The van der Waals surface area contributed by atoms with E-state index in [0.717, 1.165) is 5.56 Å². The number of halogens is 1. The van der Waals surface area contributed by atoms with Gasteiger partial charge in [0.05, 0.1) is 14.2 Å². The number of aromatic nitrogens is 3. The Labute approximate surface area is 169 Å². The van der Waals surface area contributed by atoms with Crippen LogP contribution in [0.2, 0.25) is 0 Å². The largest absolute Gasteiger partial charge is 0.481 e. The molecule has 0 saturated heterocycles. The normalized spacial score (nSPS) is 11.1. The van der Waals surface area contributed by atoms with Crippen molar-refractivity contribution >= 4 is 16.0 Å². The van der Waals surface area contributed by atoms with Crippen LogP contribution in [0.25, 0.3) is 11.3 Å². The smallest absolute Gasteiger partial charge is 0.265 e. The summed E-state index contributed by atoms with van der Waals surface area (Å²) in [5, 5.41) is 0. The summed E-state index contributed by atoms with van der Waals surface area (Å²) in [6.07, 6.45) is 1.36. The first kappa shape index (κ1) is 20.4. The van der Waals surface area contributed by atoms with Crippen molar-refractivity contribution in [2.24, 2.45) is 0 Å². The van der Waals surface area contributed by atoms with Crippen LogP contribution in [-0.4, -0.2) is 50.9 Å². The zero-order valence-electron chi connectivity index (χ0n) is 15.7. The van der Waals surface area contributed by atoms with Crippen molar-refractivity contribution in [2.75, 3.05) is 32.2 Å². The van der Waals surface area contributed by atoms with E-state index in [-0.39, 0.29) is 37.8 Å². The van der Waals surface area contributed by atoms with E-state index in [9.17, 15) is 12.8 Å². The number of alkyl halides is 1. The number of sulfonamides is 1. The fourth-order valence-electron chi connectivity index (χ4n) is 2.49. The maximum Gasteiger partial charge on any atom is 0.265 e. The van der Waals surface area contributed by atoms with Gasteiger partial charge in [-0.25, -0.2) is 17.5 Å². The number of nitrogens with one attached hydrogen (secondary N) is 2. The summed E-state index contributed by atoms with van der Waals surface area (Å²) in [4.78, 5) is 10.9. The summed E-state index contributed by atoms with van der Waals surface area (Å²) in [6.45, 7) is -0.995. The molecule has 3 rings (SSSR count). The number of aromatic amines is 1. The number of H-pyrrole nitrogens is 1. The van der Waals surface area contributed by atoms with Gasteiger partial charge in [-0.3, -0.25) is 0 Å². The van der Waals surface area contributed by atoms with Crippen LogP contribution in [0.3, 0.4) is 0 Å². The fraction of sp³-hybridized carbons (Fsp3) is 0.222. The molecule has 0 bridgehead atoms. The molecule has 0 atom stereocenters. The summed E-state index contributed by atoms with van der Waals surface area (Å²) >= 11 is 0.